The summed E-state index contributed by atoms with van der Waals surface area (Å²) in [5, 5.41) is 1.43. The number of morpholine rings is 1. The zero-order valence-electron chi connectivity index (χ0n) is 19.5. The molecule has 0 atom stereocenters. The Bertz CT molecular complexity index is 1600. The molecule has 1 saturated heterocycles. The lowest BCUT2D eigenvalue weighted by Crippen LogP contribution is -2.36. The largest absolute Gasteiger partial charge is 0.465 e. The van der Waals surface area contributed by atoms with Crippen LogP contribution in [-0.2, 0) is 9.47 Å². The van der Waals surface area contributed by atoms with Gasteiger partial charge in [0, 0.05) is 48.3 Å². The van der Waals surface area contributed by atoms with Crippen molar-refractivity contribution in [2.75, 3.05) is 38.3 Å². The van der Waals surface area contributed by atoms with Crippen molar-refractivity contribution in [2.24, 2.45) is 0 Å². The van der Waals surface area contributed by atoms with Crippen LogP contribution in [-0.4, -0.2) is 58.9 Å². The molecule has 2 aromatic carbocycles. The number of imidazole rings is 1. The maximum atomic E-state index is 13.0. The third-order valence-electron chi connectivity index (χ3n) is 6.39. The fourth-order valence-electron chi connectivity index (χ4n) is 4.68. The van der Waals surface area contributed by atoms with Crippen LogP contribution in [0.5, 0.6) is 0 Å². The fraction of sp³-hybridized carbons (Fsp3) is 0.185. The summed E-state index contributed by atoms with van der Waals surface area (Å²) >= 11 is 6.50. The Balaban J connectivity index is 1.72. The van der Waals surface area contributed by atoms with Crippen LogP contribution >= 0.6 is 11.6 Å². The van der Waals surface area contributed by atoms with E-state index in [0.29, 0.717) is 40.7 Å². The summed E-state index contributed by atoms with van der Waals surface area (Å²) in [6.45, 7) is 2.70. The first-order valence-corrected chi connectivity index (χ1v) is 11.9. The fourth-order valence-corrected chi connectivity index (χ4v) is 4.91. The lowest BCUT2D eigenvalue weighted by molar-refractivity contribution is 0.0603. The molecule has 3 aromatic heterocycles. The lowest BCUT2D eigenvalue weighted by Gasteiger charge is -2.29. The minimum atomic E-state index is -0.444. The Hall–Kier alpha value is -4.01. The van der Waals surface area contributed by atoms with Gasteiger partial charge in [-0.1, -0.05) is 23.7 Å². The molecule has 4 heterocycles. The number of para-hydroxylation sites is 1. The third-order valence-corrected chi connectivity index (χ3v) is 6.69. The van der Waals surface area contributed by atoms with Gasteiger partial charge in [-0.3, -0.25) is 14.5 Å². The number of halogens is 1. The van der Waals surface area contributed by atoms with Crippen molar-refractivity contribution in [2.45, 2.75) is 0 Å². The van der Waals surface area contributed by atoms with Gasteiger partial charge >= 0.3 is 5.97 Å². The Labute approximate surface area is 212 Å². The molecule has 0 amide bonds. The predicted octanol–water partition coefficient (Wildman–Crippen LogP) is 4.91. The molecular weight excluding hydrogens is 478 g/mol. The molecule has 1 aliphatic heterocycles. The molecule has 0 spiro atoms. The maximum absolute atomic E-state index is 13.0. The standard InChI is InChI=1S/C27H22ClN5O3/c1-35-27(34)20-14-18(32-10-12-36-13-11-32)15-23-25(20)31-26(17-4-3-8-29-16-17)33(23)22-7-9-30-24-19(22)5-2-6-21(24)28/h2-9,14-16H,10-13H2,1H3. The zero-order valence-corrected chi connectivity index (χ0v) is 20.3. The first-order chi connectivity index (χ1) is 17.7. The van der Waals surface area contributed by atoms with Crippen LogP contribution in [0.4, 0.5) is 5.69 Å². The number of ether oxygens (including phenoxy) is 2. The molecule has 1 fully saturated rings. The summed E-state index contributed by atoms with van der Waals surface area (Å²) in [5.41, 5.74) is 4.96. The molecular formula is C27H22ClN5O3. The number of methoxy groups -OCH3 is 1. The second-order valence-electron chi connectivity index (χ2n) is 8.43. The molecule has 0 aliphatic carbocycles. The Morgan fingerprint density at radius 1 is 1.06 bits per heavy atom. The van der Waals surface area contributed by atoms with E-state index in [1.807, 2.05) is 47.0 Å². The van der Waals surface area contributed by atoms with Gasteiger partial charge in [-0.15, -0.1) is 0 Å². The third kappa shape index (κ3) is 3.75. The smallest absolute Gasteiger partial charge is 0.340 e. The van der Waals surface area contributed by atoms with E-state index in [-0.39, 0.29) is 0 Å². The normalized spacial score (nSPS) is 13.9. The minimum absolute atomic E-state index is 0.400. The van der Waals surface area contributed by atoms with Gasteiger partial charge in [-0.25, -0.2) is 9.78 Å². The second-order valence-corrected chi connectivity index (χ2v) is 8.84. The number of aromatic nitrogens is 4. The lowest BCUT2D eigenvalue weighted by atomic mass is 10.1. The van der Waals surface area contributed by atoms with Crippen molar-refractivity contribution in [1.82, 2.24) is 19.5 Å². The minimum Gasteiger partial charge on any atom is -0.465 e. The maximum Gasteiger partial charge on any atom is 0.340 e. The van der Waals surface area contributed by atoms with Crippen LogP contribution in [0, 0.1) is 0 Å². The summed E-state index contributed by atoms with van der Waals surface area (Å²) in [7, 11) is 1.38. The van der Waals surface area contributed by atoms with Crippen molar-refractivity contribution < 1.29 is 14.3 Å². The van der Waals surface area contributed by atoms with Gasteiger partial charge in [0.05, 0.1) is 47.6 Å². The van der Waals surface area contributed by atoms with Crippen molar-refractivity contribution in [3.8, 4) is 17.1 Å². The van der Waals surface area contributed by atoms with Gasteiger partial charge in [0.2, 0.25) is 0 Å². The van der Waals surface area contributed by atoms with Gasteiger partial charge in [-0.2, -0.15) is 0 Å². The highest BCUT2D eigenvalue weighted by atomic mass is 35.5. The van der Waals surface area contributed by atoms with Crippen LogP contribution in [0.2, 0.25) is 5.02 Å². The number of esters is 1. The van der Waals surface area contributed by atoms with E-state index in [2.05, 4.69) is 20.9 Å². The van der Waals surface area contributed by atoms with E-state index in [1.165, 1.54) is 7.11 Å². The highest BCUT2D eigenvalue weighted by molar-refractivity contribution is 6.35. The molecule has 36 heavy (non-hydrogen) atoms. The number of anilines is 1. The van der Waals surface area contributed by atoms with Gasteiger partial charge in [0.15, 0.2) is 0 Å². The van der Waals surface area contributed by atoms with Crippen LogP contribution in [0.25, 0.3) is 39.0 Å². The molecule has 0 radical (unpaired) electrons. The average Bonchev–Trinajstić information content (AvgIpc) is 3.32. The number of pyridine rings is 2. The number of carbonyl (C=O) groups excluding carboxylic acids is 1. The van der Waals surface area contributed by atoms with Gasteiger partial charge in [0.1, 0.15) is 11.3 Å². The predicted molar refractivity (Wildman–Crippen MR) is 139 cm³/mol. The molecule has 180 valence electrons. The molecule has 6 rings (SSSR count). The first-order valence-electron chi connectivity index (χ1n) is 11.6. The van der Waals surface area contributed by atoms with Crippen LogP contribution < -0.4 is 4.90 Å². The molecule has 8 nitrogen and oxygen atoms in total. The number of hydrogen-bond donors (Lipinski definition) is 0. The van der Waals surface area contributed by atoms with E-state index in [0.717, 1.165) is 40.9 Å². The number of rotatable bonds is 4. The molecule has 0 bridgehead atoms. The number of benzene rings is 2. The van der Waals surface area contributed by atoms with Crippen LogP contribution in [0.15, 0.2) is 67.1 Å². The Morgan fingerprint density at radius 2 is 1.92 bits per heavy atom. The van der Waals surface area contributed by atoms with Crippen molar-refractivity contribution in [3.63, 3.8) is 0 Å². The number of hydrogen-bond acceptors (Lipinski definition) is 7. The molecule has 9 heteroatoms. The van der Waals surface area contributed by atoms with Gasteiger partial charge in [-0.05, 0) is 36.4 Å². The zero-order chi connectivity index (χ0) is 24.6. The number of carbonyl (C=O) groups is 1. The topological polar surface area (TPSA) is 82.4 Å². The molecule has 0 N–H and O–H groups in total. The SMILES string of the molecule is COC(=O)c1cc(N2CCOCC2)cc2c1nc(-c1cccnc1)n2-c1ccnc2c(Cl)cccc12. The monoisotopic (exact) mass is 499 g/mol. The average molecular weight is 500 g/mol. The highest BCUT2D eigenvalue weighted by Crippen LogP contribution is 2.36. The van der Waals surface area contributed by atoms with Crippen molar-refractivity contribution in [3.05, 3.63) is 77.7 Å². The van der Waals surface area contributed by atoms with Crippen molar-refractivity contribution >= 4 is 45.2 Å². The van der Waals surface area contributed by atoms with Gasteiger partial charge in [0.25, 0.3) is 0 Å². The molecule has 0 unspecified atom stereocenters. The molecule has 0 saturated carbocycles. The van der Waals surface area contributed by atoms with Crippen molar-refractivity contribution in [1.29, 1.82) is 0 Å². The quantitative estimate of drug-likeness (QED) is 0.325. The second kappa shape index (κ2) is 9.22. The summed E-state index contributed by atoms with van der Waals surface area (Å²) in [6, 6.07) is 15.4. The van der Waals surface area contributed by atoms with Crippen LogP contribution in [0.1, 0.15) is 10.4 Å². The number of nitrogens with zero attached hydrogens (tertiary/aromatic N) is 5. The Morgan fingerprint density at radius 3 is 2.69 bits per heavy atom. The number of fused-ring (bicyclic) bond motifs is 2. The van der Waals surface area contributed by atoms with E-state index in [9.17, 15) is 4.79 Å². The van der Waals surface area contributed by atoms with E-state index in [4.69, 9.17) is 26.1 Å². The summed E-state index contributed by atoms with van der Waals surface area (Å²) in [6.07, 6.45) is 5.21. The van der Waals surface area contributed by atoms with E-state index in [1.54, 1.807) is 18.6 Å². The Kier molecular flexibility index (Phi) is 5.75. The summed E-state index contributed by atoms with van der Waals surface area (Å²) in [4.78, 5) is 29.0. The van der Waals surface area contributed by atoms with E-state index < -0.39 is 5.97 Å². The molecule has 5 aromatic rings. The van der Waals surface area contributed by atoms with Gasteiger partial charge < -0.3 is 14.4 Å². The first kappa shape index (κ1) is 22.5. The van der Waals surface area contributed by atoms with Crippen LogP contribution in [0.3, 0.4) is 0 Å². The highest BCUT2D eigenvalue weighted by Gasteiger charge is 2.24. The molecule has 1 aliphatic rings. The summed E-state index contributed by atoms with van der Waals surface area (Å²) < 4.78 is 12.8. The summed E-state index contributed by atoms with van der Waals surface area (Å²) in [5.74, 6) is 0.204. The van der Waals surface area contributed by atoms with E-state index >= 15 is 0 Å².